The summed E-state index contributed by atoms with van der Waals surface area (Å²) in [6, 6.07) is 2.42. The summed E-state index contributed by atoms with van der Waals surface area (Å²) in [5.74, 6) is -0.473. The van der Waals surface area contributed by atoms with Gasteiger partial charge in [0.05, 0.1) is 16.4 Å². The first-order valence-electron chi connectivity index (χ1n) is 5.70. The topological polar surface area (TPSA) is 53.1 Å². The molecule has 3 nitrogen and oxygen atoms in total. The van der Waals surface area contributed by atoms with Crippen molar-refractivity contribution in [2.24, 2.45) is 0 Å². The molecule has 1 heterocycles. The zero-order valence-electron chi connectivity index (χ0n) is 10.1. The van der Waals surface area contributed by atoms with E-state index in [0.29, 0.717) is 12.1 Å². The summed E-state index contributed by atoms with van der Waals surface area (Å²) in [6.07, 6.45) is 2.89. The second-order valence-corrected chi connectivity index (χ2v) is 4.89. The first-order valence-corrected chi connectivity index (χ1v) is 6.08. The first kappa shape index (κ1) is 13.1. The van der Waals surface area contributed by atoms with E-state index in [0.717, 1.165) is 24.6 Å². The van der Waals surface area contributed by atoms with Crippen LogP contribution >= 0.6 is 11.6 Å². The van der Waals surface area contributed by atoms with Gasteiger partial charge in [-0.1, -0.05) is 17.7 Å². The molecule has 1 aromatic rings. The Morgan fingerprint density at radius 3 is 2.89 bits per heavy atom. The van der Waals surface area contributed by atoms with Crippen LogP contribution in [-0.2, 0) is 0 Å². The maximum absolute atomic E-state index is 13.3. The van der Waals surface area contributed by atoms with Gasteiger partial charge in [0, 0.05) is 18.7 Å². The highest BCUT2D eigenvalue weighted by atomic mass is 35.5. The highest BCUT2D eigenvalue weighted by Crippen LogP contribution is 2.27. The predicted molar refractivity (Wildman–Crippen MR) is 72.8 cm³/mol. The lowest BCUT2D eigenvalue weighted by Crippen LogP contribution is -2.28. The number of hydrogen-bond acceptors (Lipinski definition) is 3. The van der Waals surface area contributed by atoms with Crippen LogP contribution in [0.3, 0.4) is 0 Å². The molecule has 1 aliphatic heterocycles. The number of nitrogens with zero attached hydrogens (tertiary/aromatic N) is 1. The third-order valence-electron chi connectivity index (χ3n) is 3.03. The monoisotopic (exact) mass is 267 g/mol. The number of nitrogen functional groups attached to an aromatic ring is 1. The van der Waals surface area contributed by atoms with Gasteiger partial charge >= 0.3 is 0 Å². The number of halogens is 2. The first-order chi connectivity index (χ1) is 8.49. The van der Waals surface area contributed by atoms with E-state index in [1.165, 1.54) is 6.07 Å². The Hall–Kier alpha value is -1.39. The van der Waals surface area contributed by atoms with Crippen molar-refractivity contribution >= 4 is 23.0 Å². The molecule has 5 heteroatoms. The number of hydrogen-bond donors (Lipinski definition) is 2. The number of benzene rings is 1. The fraction of sp³-hybridized carbons (Fsp3) is 0.308. The highest BCUT2D eigenvalue weighted by Gasteiger charge is 2.18. The minimum atomic E-state index is -0.473. The molecule has 0 saturated carbocycles. The summed E-state index contributed by atoms with van der Waals surface area (Å²) < 4.78 is 13.3. The largest absolute Gasteiger partial charge is 0.397 e. The van der Waals surface area contributed by atoms with Crippen LogP contribution in [0.5, 0.6) is 0 Å². The van der Waals surface area contributed by atoms with E-state index < -0.39 is 5.82 Å². The molecule has 0 unspecified atom stereocenters. The van der Waals surface area contributed by atoms with Crippen LogP contribution in [0.15, 0.2) is 23.8 Å². The Bertz CT molecular complexity index is 525. The van der Waals surface area contributed by atoms with E-state index >= 15 is 0 Å². The number of anilines is 1. The third-order valence-corrected chi connectivity index (χ3v) is 3.34. The Morgan fingerprint density at radius 2 is 2.22 bits per heavy atom. The van der Waals surface area contributed by atoms with Gasteiger partial charge in [0.15, 0.2) is 0 Å². The molecule has 18 heavy (non-hydrogen) atoms. The molecular formula is C13H15ClFN3. The molecule has 1 aromatic carbocycles. The smallest absolute Gasteiger partial charge is 0.125 e. The van der Waals surface area contributed by atoms with Crippen molar-refractivity contribution in [1.29, 1.82) is 5.41 Å². The van der Waals surface area contributed by atoms with Crippen molar-refractivity contribution in [2.45, 2.75) is 6.42 Å². The normalized spacial score (nSPS) is 16.5. The van der Waals surface area contributed by atoms with Gasteiger partial charge in [-0.3, -0.25) is 5.41 Å². The molecule has 0 amide bonds. The Morgan fingerprint density at radius 1 is 1.50 bits per heavy atom. The van der Waals surface area contributed by atoms with Crippen molar-refractivity contribution in [3.8, 4) is 0 Å². The molecule has 2 rings (SSSR count). The molecule has 0 radical (unpaired) electrons. The molecule has 0 spiro atoms. The van der Waals surface area contributed by atoms with Gasteiger partial charge in [-0.25, -0.2) is 4.39 Å². The summed E-state index contributed by atoms with van der Waals surface area (Å²) in [7, 11) is 1.99. The van der Waals surface area contributed by atoms with Crippen molar-refractivity contribution in [1.82, 2.24) is 4.90 Å². The van der Waals surface area contributed by atoms with E-state index in [1.54, 1.807) is 0 Å². The lowest BCUT2D eigenvalue weighted by atomic mass is 9.97. The van der Waals surface area contributed by atoms with Gasteiger partial charge in [0.2, 0.25) is 0 Å². The van der Waals surface area contributed by atoms with E-state index in [2.05, 4.69) is 4.90 Å². The van der Waals surface area contributed by atoms with Crippen LogP contribution in [0.1, 0.15) is 12.0 Å². The third kappa shape index (κ3) is 2.54. The summed E-state index contributed by atoms with van der Waals surface area (Å²) in [5.41, 5.74) is 7.55. The lowest BCUT2D eigenvalue weighted by Gasteiger charge is -2.24. The highest BCUT2D eigenvalue weighted by molar-refractivity contribution is 6.34. The van der Waals surface area contributed by atoms with Crippen molar-refractivity contribution in [3.05, 3.63) is 40.2 Å². The second-order valence-electron chi connectivity index (χ2n) is 4.48. The van der Waals surface area contributed by atoms with Crippen LogP contribution in [-0.4, -0.2) is 30.7 Å². The van der Waals surface area contributed by atoms with Crippen LogP contribution in [0.4, 0.5) is 10.1 Å². The van der Waals surface area contributed by atoms with Crippen LogP contribution in [0.2, 0.25) is 5.02 Å². The quantitative estimate of drug-likeness (QED) is 0.639. The molecule has 3 N–H and O–H groups in total. The van der Waals surface area contributed by atoms with Crippen LogP contribution < -0.4 is 5.73 Å². The minimum absolute atomic E-state index is 0.152. The molecule has 0 saturated heterocycles. The fourth-order valence-electron chi connectivity index (χ4n) is 2.04. The average Bonchev–Trinajstić information content (AvgIpc) is 2.33. The molecule has 0 bridgehead atoms. The van der Waals surface area contributed by atoms with Crippen molar-refractivity contribution in [3.63, 3.8) is 0 Å². The summed E-state index contributed by atoms with van der Waals surface area (Å²) >= 11 is 5.84. The molecule has 96 valence electrons. The molecule has 0 aromatic heterocycles. The Kier molecular flexibility index (Phi) is 3.68. The van der Waals surface area contributed by atoms with Gasteiger partial charge in [-0.2, -0.15) is 0 Å². The van der Waals surface area contributed by atoms with E-state index in [9.17, 15) is 4.39 Å². The van der Waals surface area contributed by atoms with E-state index in [-0.39, 0.29) is 16.4 Å². The lowest BCUT2D eigenvalue weighted by molar-refractivity contribution is 0.360. The molecule has 0 atom stereocenters. The minimum Gasteiger partial charge on any atom is -0.397 e. The molecule has 0 fully saturated rings. The van der Waals surface area contributed by atoms with Gasteiger partial charge in [-0.15, -0.1) is 0 Å². The second kappa shape index (κ2) is 5.08. The number of likely N-dealkylation sites (N-methyl/N-ethyl adjacent to an activating group) is 1. The van der Waals surface area contributed by atoms with Crippen molar-refractivity contribution < 1.29 is 4.39 Å². The Balaban J connectivity index is 2.37. The zero-order chi connectivity index (χ0) is 13.3. The van der Waals surface area contributed by atoms with Gasteiger partial charge in [-0.05, 0) is 31.2 Å². The van der Waals surface area contributed by atoms with Gasteiger partial charge in [0.25, 0.3) is 0 Å². The van der Waals surface area contributed by atoms with E-state index in [1.807, 2.05) is 13.1 Å². The average molecular weight is 268 g/mol. The van der Waals surface area contributed by atoms with Gasteiger partial charge in [0.1, 0.15) is 5.82 Å². The SMILES string of the molecule is CN1CCC=C(C(=N)c2cc(F)cc(Cl)c2N)C1. The number of nitrogens with one attached hydrogen (secondary N) is 1. The summed E-state index contributed by atoms with van der Waals surface area (Å²) in [5, 5.41) is 8.30. The fourth-order valence-corrected chi connectivity index (χ4v) is 2.25. The Labute approximate surface area is 111 Å². The maximum atomic E-state index is 13.3. The van der Waals surface area contributed by atoms with Crippen LogP contribution in [0, 0.1) is 11.2 Å². The zero-order valence-corrected chi connectivity index (χ0v) is 10.9. The molecule has 1 aliphatic rings. The molecule has 0 aliphatic carbocycles. The maximum Gasteiger partial charge on any atom is 0.125 e. The summed E-state index contributed by atoms with van der Waals surface area (Å²) in [4.78, 5) is 2.11. The standard InChI is InChI=1S/C13H15ClFN3/c1-18-4-2-3-8(7-18)12(16)10-5-9(15)6-11(14)13(10)17/h3,5-6,16H,2,4,7,17H2,1H3. The van der Waals surface area contributed by atoms with Crippen LogP contribution in [0.25, 0.3) is 0 Å². The number of rotatable bonds is 2. The van der Waals surface area contributed by atoms with E-state index in [4.69, 9.17) is 22.7 Å². The van der Waals surface area contributed by atoms with Gasteiger partial charge < -0.3 is 10.6 Å². The summed E-state index contributed by atoms with van der Waals surface area (Å²) in [6.45, 7) is 1.64. The predicted octanol–water partition coefficient (Wildman–Crippen LogP) is 2.69. The molecular weight excluding hydrogens is 253 g/mol. The van der Waals surface area contributed by atoms with Crippen molar-refractivity contribution in [2.75, 3.05) is 25.9 Å². The number of nitrogens with two attached hydrogens (primary N) is 1.